The number of unbranched alkanes of at least 4 members (excludes halogenated alkanes) is 1. The van der Waals surface area contributed by atoms with Gasteiger partial charge in [-0.05, 0) is 86.4 Å². The first-order valence-corrected chi connectivity index (χ1v) is 17.6. The van der Waals surface area contributed by atoms with Crippen molar-refractivity contribution in [3.05, 3.63) is 94.6 Å². The number of halogens is 1. The summed E-state index contributed by atoms with van der Waals surface area (Å²) in [6.45, 7) is 6.17. The number of rotatable bonds is 12. The number of ether oxygens (including phenoxy) is 2. The number of nitrogens with one attached hydrogen (secondary N) is 2. The molecule has 2 saturated heterocycles. The van der Waals surface area contributed by atoms with Crippen LogP contribution in [0.25, 0.3) is 10.9 Å². The smallest absolute Gasteiger partial charge is 0.254 e. The molecule has 3 heterocycles. The van der Waals surface area contributed by atoms with E-state index < -0.39 is 5.92 Å². The summed E-state index contributed by atoms with van der Waals surface area (Å²) < 4.78 is 11.4. The number of methoxy groups -OCH3 is 1. The molecule has 2 N–H and O–H groups in total. The van der Waals surface area contributed by atoms with Crippen molar-refractivity contribution in [3.63, 3.8) is 0 Å². The molecular weight excluding hydrogens is 640 g/mol. The number of likely N-dealkylation sites (tertiary alicyclic amines) is 2. The summed E-state index contributed by atoms with van der Waals surface area (Å²) >= 11 is 6.17. The van der Waals surface area contributed by atoms with Gasteiger partial charge in [0.2, 0.25) is 11.8 Å². The normalized spacial score (nSPS) is 18.8. The summed E-state index contributed by atoms with van der Waals surface area (Å²) in [5.74, 6) is 0.354. The maximum atomic E-state index is 13.8. The van der Waals surface area contributed by atoms with Crippen molar-refractivity contribution in [2.45, 2.75) is 45.6 Å². The summed E-state index contributed by atoms with van der Waals surface area (Å²) in [4.78, 5) is 48.4. The summed E-state index contributed by atoms with van der Waals surface area (Å²) in [6.07, 6.45) is 4.81. The van der Waals surface area contributed by atoms with Crippen LogP contribution in [0.5, 0.6) is 11.5 Å². The molecule has 0 bridgehead atoms. The molecule has 0 radical (unpaired) electrons. The molecule has 4 aromatic rings. The molecule has 0 aliphatic carbocycles. The number of H-pyrrole nitrogens is 1. The number of aromatic amines is 1. The van der Waals surface area contributed by atoms with Crippen LogP contribution in [0.3, 0.4) is 0 Å². The molecule has 0 spiro atoms. The van der Waals surface area contributed by atoms with Crippen molar-refractivity contribution in [3.8, 4) is 11.5 Å². The number of amides is 3. The zero-order valence-corrected chi connectivity index (χ0v) is 29.2. The van der Waals surface area contributed by atoms with Crippen LogP contribution < -0.4 is 14.8 Å². The van der Waals surface area contributed by atoms with Gasteiger partial charge in [-0.1, -0.05) is 48.0 Å². The zero-order chi connectivity index (χ0) is 34.5. The number of nitrogens with zero attached hydrogens (tertiary/aromatic N) is 2. The number of aryl methyl sites for hydroxylation is 1. The van der Waals surface area contributed by atoms with Crippen molar-refractivity contribution >= 4 is 40.2 Å². The lowest BCUT2D eigenvalue weighted by Crippen LogP contribution is -2.53. The van der Waals surface area contributed by atoms with Crippen molar-refractivity contribution < 1.29 is 23.9 Å². The number of hydrogen-bond donors (Lipinski definition) is 2. The molecule has 1 aromatic heterocycles. The third-order valence-corrected chi connectivity index (χ3v) is 9.97. The second-order valence-corrected chi connectivity index (χ2v) is 13.9. The highest BCUT2D eigenvalue weighted by molar-refractivity contribution is 6.31. The number of carbonyl (C=O) groups excluding carboxylic acids is 3. The van der Waals surface area contributed by atoms with Crippen molar-refractivity contribution in [1.82, 2.24) is 20.1 Å². The topological polar surface area (TPSA) is 104 Å². The van der Waals surface area contributed by atoms with Crippen LogP contribution in [0.4, 0.5) is 0 Å². The van der Waals surface area contributed by atoms with Gasteiger partial charge in [0.25, 0.3) is 5.91 Å². The van der Waals surface area contributed by atoms with Crippen molar-refractivity contribution in [2.24, 2.45) is 17.8 Å². The van der Waals surface area contributed by atoms with Gasteiger partial charge >= 0.3 is 0 Å². The third-order valence-electron chi connectivity index (χ3n) is 9.74. The van der Waals surface area contributed by atoms with Gasteiger partial charge in [0.1, 0.15) is 0 Å². The molecule has 3 aromatic carbocycles. The van der Waals surface area contributed by atoms with Crippen molar-refractivity contribution in [1.29, 1.82) is 0 Å². The Bertz CT molecular complexity index is 1790. The van der Waals surface area contributed by atoms with Crippen LogP contribution in [0, 0.1) is 17.8 Å². The molecule has 3 amide bonds. The van der Waals surface area contributed by atoms with Gasteiger partial charge in [0.15, 0.2) is 11.5 Å². The van der Waals surface area contributed by atoms with Crippen LogP contribution in [0.2, 0.25) is 5.02 Å². The van der Waals surface area contributed by atoms with E-state index in [1.165, 1.54) is 5.56 Å². The van der Waals surface area contributed by atoms with E-state index in [0.29, 0.717) is 54.8 Å². The average Bonchev–Trinajstić information content (AvgIpc) is 3.71. The first-order chi connectivity index (χ1) is 23.7. The standard InChI is InChI=1S/C39H45ClN4O5/c1-25(2)49-35-15-12-27(17-36(35)48-3)39(47)44-22-29-21-43(37(45)18-28-20-42-34-19-30(40)13-14-31(28)34)24-33(32(29)23-44)38(46)41-16-8-7-11-26-9-5-4-6-10-26/h4-6,9-10,12-15,17,19-20,25,29,32-33,42H,7-8,11,16,18,21-24H2,1-3H3,(H,41,46). The molecule has 2 fully saturated rings. The predicted octanol–water partition coefficient (Wildman–Crippen LogP) is 6.15. The Kier molecular flexibility index (Phi) is 10.8. The van der Waals surface area contributed by atoms with E-state index in [0.717, 1.165) is 35.7 Å². The Morgan fingerprint density at radius 3 is 2.51 bits per heavy atom. The fourth-order valence-electron chi connectivity index (χ4n) is 7.28. The molecule has 6 rings (SSSR count). The third kappa shape index (κ3) is 8.05. The molecular formula is C39H45ClN4O5. The lowest BCUT2D eigenvalue weighted by Gasteiger charge is -2.39. The van der Waals surface area contributed by atoms with E-state index in [2.05, 4.69) is 22.4 Å². The first kappa shape index (κ1) is 34.4. The Labute approximate surface area is 292 Å². The number of hydrogen-bond acceptors (Lipinski definition) is 5. The molecule has 10 heteroatoms. The minimum atomic E-state index is -0.423. The Hall–Kier alpha value is -4.50. The largest absolute Gasteiger partial charge is 0.493 e. The number of benzene rings is 3. The quantitative estimate of drug-likeness (QED) is 0.175. The zero-order valence-electron chi connectivity index (χ0n) is 28.4. The van der Waals surface area contributed by atoms with E-state index >= 15 is 0 Å². The van der Waals surface area contributed by atoms with Crippen LogP contribution in [0.1, 0.15) is 48.2 Å². The molecule has 258 valence electrons. The maximum Gasteiger partial charge on any atom is 0.254 e. The lowest BCUT2D eigenvalue weighted by atomic mass is 9.79. The van der Waals surface area contributed by atoms with Crippen LogP contribution in [0.15, 0.2) is 72.9 Å². The van der Waals surface area contributed by atoms with E-state index in [-0.39, 0.29) is 42.1 Å². The van der Waals surface area contributed by atoms with Gasteiger partial charge in [0.05, 0.1) is 25.6 Å². The molecule has 9 nitrogen and oxygen atoms in total. The second-order valence-electron chi connectivity index (χ2n) is 13.5. The lowest BCUT2D eigenvalue weighted by molar-refractivity contribution is -0.138. The fourth-order valence-corrected chi connectivity index (χ4v) is 7.45. The number of fused-ring (bicyclic) bond motifs is 2. The van der Waals surface area contributed by atoms with Gasteiger partial charge in [0, 0.05) is 60.4 Å². The van der Waals surface area contributed by atoms with Crippen LogP contribution in [-0.4, -0.2) is 78.4 Å². The average molecular weight is 685 g/mol. The Morgan fingerprint density at radius 2 is 1.73 bits per heavy atom. The predicted molar refractivity (Wildman–Crippen MR) is 191 cm³/mol. The van der Waals surface area contributed by atoms with Gasteiger partial charge in [-0.25, -0.2) is 0 Å². The van der Waals surface area contributed by atoms with Gasteiger partial charge < -0.3 is 29.6 Å². The van der Waals surface area contributed by atoms with Gasteiger partial charge in [-0.3, -0.25) is 14.4 Å². The van der Waals surface area contributed by atoms with E-state index in [1.807, 2.05) is 66.2 Å². The van der Waals surface area contributed by atoms with Gasteiger partial charge in [-0.2, -0.15) is 0 Å². The van der Waals surface area contributed by atoms with Crippen molar-refractivity contribution in [2.75, 3.05) is 39.8 Å². The summed E-state index contributed by atoms with van der Waals surface area (Å²) in [5, 5.41) is 4.75. The van der Waals surface area contributed by atoms with E-state index in [9.17, 15) is 14.4 Å². The number of aromatic nitrogens is 1. The van der Waals surface area contributed by atoms with E-state index in [1.54, 1.807) is 25.3 Å². The highest BCUT2D eigenvalue weighted by Gasteiger charge is 2.47. The van der Waals surface area contributed by atoms with E-state index in [4.69, 9.17) is 21.1 Å². The molecule has 2 aliphatic heterocycles. The number of carbonyl (C=O) groups is 3. The molecule has 3 atom stereocenters. The molecule has 0 saturated carbocycles. The van der Waals surface area contributed by atoms with Crippen LogP contribution >= 0.6 is 11.6 Å². The highest BCUT2D eigenvalue weighted by atomic mass is 35.5. The summed E-state index contributed by atoms with van der Waals surface area (Å²) in [5.41, 5.74) is 3.55. The Balaban J connectivity index is 1.16. The first-order valence-electron chi connectivity index (χ1n) is 17.2. The van der Waals surface area contributed by atoms with Gasteiger partial charge in [-0.15, -0.1) is 0 Å². The number of piperidine rings is 1. The maximum absolute atomic E-state index is 13.8. The summed E-state index contributed by atoms with van der Waals surface area (Å²) in [7, 11) is 1.56. The molecule has 3 unspecified atom stereocenters. The second kappa shape index (κ2) is 15.4. The van der Waals surface area contributed by atoms with Crippen LogP contribution in [-0.2, 0) is 22.4 Å². The SMILES string of the molecule is COc1cc(C(=O)N2CC3CN(C(=O)Cc4c[nH]c5cc(Cl)ccc45)CC(C(=O)NCCCCc4ccccc4)C3C2)ccc1OC(C)C. The summed E-state index contributed by atoms with van der Waals surface area (Å²) in [6, 6.07) is 21.2. The monoisotopic (exact) mass is 684 g/mol. The molecule has 2 aliphatic rings. The highest BCUT2D eigenvalue weighted by Crippen LogP contribution is 2.37. The fraction of sp³-hybridized carbons (Fsp3) is 0.410. The molecule has 49 heavy (non-hydrogen) atoms. The minimum absolute atomic E-state index is 0.0253. The minimum Gasteiger partial charge on any atom is -0.493 e. The Morgan fingerprint density at radius 1 is 0.939 bits per heavy atom.